The highest BCUT2D eigenvalue weighted by Crippen LogP contribution is 2.33. The smallest absolute Gasteiger partial charge is 0.240 e. The number of sulfonamides is 1. The summed E-state index contributed by atoms with van der Waals surface area (Å²) in [5.74, 6) is 0.0830. The van der Waals surface area contributed by atoms with Crippen molar-refractivity contribution in [2.45, 2.75) is 82.2 Å². The van der Waals surface area contributed by atoms with E-state index in [1.165, 1.54) is 0 Å². The lowest BCUT2D eigenvalue weighted by atomic mass is 9.76. The standard InChI is InChI=1S/C20H34ClNO3S/c1-6-16(21)13-19(18(7-2)20(5,23)14-15(3)4)22-26(24,25)17-11-9-8-10-12-17/h8-12,15-16,18-19,22-23H,6-7,13-14H2,1-5H3/t16?,18-,19?,20-/m0/s1. The van der Waals surface area contributed by atoms with Crippen LogP contribution in [-0.2, 0) is 10.0 Å². The summed E-state index contributed by atoms with van der Waals surface area (Å²) in [4.78, 5) is 0.228. The number of hydrogen-bond acceptors (Lipinski definition) is 3. The minimum absolute atomic E-state index is 0.151. The molecule has 0 aliphatic heterocycles. The van der Waals surface area contributed by atoms with Crippen LogP contribution in [0.1, 0.15) is 60.3 Å². The third-order valence-corrected chi connectivity index (χ3v) is 6.85. The Hall–Kier alpha value is -0.620. The third-order valence-electron chi connectivity index (χ3n) is 4.86. The lowest BCUT2D eigenvalue weighted by molar-refractivity contribution is -0.0335. The average Bonchev–Trinajstić information content (AvgIpc) is 2.54. The summed E-state index contributed by atoms with van der Waals surface area (Å²) in [6.07, 6.45) is 2.49. The molecule has 2 unspecified atom stereocenters. The van der Waals surface area contributed by atoms with Gasteiger partial charge in [-0.1, -0.05) is 45.9 Å². The number of halogens is 1. The Morgan fingerprint density at radius 2 is 1.73 bits per heavy atom. The SMILES string of the molecule is CCC(Cl)CC(NS(=O)(=O)c1ccccc1)[C@H](CC)[C@@](C)(O)CC(C)C. The normalized spacial score (nSPS) is 18.3. The topological polar surface area (TPSA) is 66.4 Å². The molecule has 0 saturated carbocycles. The van der Waals surface area contributed by atoms with Gasteiger partial charge >= 0.3 is 0 Å². The van der Waals surface area contributed by atoms with E-state index in [2.05, 4.69) is 18.6 Å². The van der Waals surface area contributed by atoms with E-state index in [1.807, 2.05) is 13.8 Å². The molecule has 0 bridgehead atoms. The molecular weight excluding hydrogens is 370 g/mol. The van der Waals surface area contributed by atoms with E-state index < -0.39 is 21.7 Å². The van der Waals surface area contributed by atoms with Crippen molar-refractivity contribution < 1.29 is 13.5 Å². The summed E-state index contributed by atoms with van der Waals surface area (Å²) >= 11 is 6.38. The first-order chi connectivity index (χ1) is 12.0. The van der Waals surface area contributed by atoms with Gasteiger partial charge in [0, 0.05) is 17.3 Å². The van der Waals surface area contributed by atoms with Crippen molar-refractivity contribution in [3.63, 3.8) is 0 Å². The van der Waals surface area contributed by atoms with Gasteiger partial charge in [-0.25, -0.2) is 13.1 Å². The molecule has 0 heterocycles. The maximum absolute atomic E-state index is 12.8. The van der Waals surface area contributed by atoms with Crippen LogP contribution in [-0.4, -0.2) is 30.5 Å². The lowest BCUT2D eigenvalue weighted by Crippen LogP contribution is -2.51. The number of rotatable bonds is 11. The van der Waals surface area contributed by atoms with Crippen molar-refractivity contribution in [2.75, 3.05) is 0 Å². The molecule has 0 amide bonds. The maximum atomic E-state index is 12.8. The first kappa shape index (κ1) is 23.4. The minimum Gasteiger partial charge on any atom is -0.390 e. The van der Waals surface area contributed by atoms with E-state index in [0.717, 1.165) is 6.42 Å². The Labute approximate surface area is 164 Å². The Balaban J connectivity index is 3.17. The van der Waals surface area contributed by atoms with Gasteiger partial charge in [0.1, 0.15) is 0 Å². The molecule has 1 rings (SSSR count). The van der Waals surface area contributed by atoms with E-state index in [0.29, 0.717) is 25.2 Å². The van der Waals surface area contributed by atoms with E-state index in [1.54, 1.807) is 37.3 Å². The largest absolute Gasteiger partial charge is 0.390 e. The van der Waals surface area contributed by atoms with Gasteiger partial charge in [-0.15, -0.1) is 11.6 Å². The van der Waals surface area contributed by atoms with Gasteiger partial charge in [-0.05, 0) is 50.7 Å². The Morgan fingerprint density at radius 3 is 2.19 bits per heavy atom. The zero-order valence-electron chi connectivity index (χ0n) is 16.6. The lowest BCUT2D eigenvalue weighted by Gasteiger charge is -2.40. The number of hydrogen-bond donors (Lipinski definition) is 2. The second-order valence-electron chi connectivity index (χ2n) is 7.75. The predicted molar refractivity (Wildman–Crippen MR) is 109 cm³/mol. The van der Waals surface area contributed by atoms with Crippen LogP contribution in [0.4, 0.5) is 0 Å². The molecule has 4 nitrogen and oxygen atoms in total. The second-order valence-corrected chi connectivity index (χ2v) is 10.1. The number of benzene rings is 1. The highest BCUT2D eigenvalue weighted by molar-refractivity contribution is 7.89. The molecule has 150 valence electrons. The quantitative estimate of drug-likeness (QED) is 0.532. The van der Waals surface area contributed by atoms with Crippen molar-refractivity contribution in [3.8, 4) is 0 Å². The van der Waals surface area contributed by atoms with Gasteiger partial charge in [0.25, 0.3) is 0 Å². The Bertz CT molecular complexity index is 632. The van der Waals surface area contributed by atoms with Crippen molar-refractivity contribution in [1.29, 1.82) is 0 Å². The molecule has 0 aromatic heterocycles. The van der Waals surface area contributed by atoms with Crippen LogP contribution in [0.25, 0.3) is 0 Å². The second kappa shape index (κ2) is 10.1. The maximum Gasteiger partial charge on any atom is 0.240 e. The van der Waals surface area contributed by atoms with Crippen molar-refractivity contribution >= 4 is 21.6 Å². The van der Waals surface area contributed by atoms with Gasteiger partial charge in [-0.3, -0.25) is 0 Å². The first-order valence-corrected chi connectivity index (χ1v) is 11.4. The predicted octanol–water partition coefficient (Wildman–Crippen LogP) is 4.56. The van der Waals surface area contributed by atoms with Gasteiger partial charge < -0.3 is 5.11 Å². The fourth-order valence-corrected chi connectivity index (χ4v) is 5.24. The van der Waals surface area contributed by atoms with Crippen LogP contribution < -0.4 is 4.72 Å². The Morgan fingerprint density at radius 1 is 1.15 bits per heavy atom. The fraction of sp³-hybridized carbons (Fsp3) is 0.700. The monoisotopic (exact) mass is 403 g/mol. The third kappa shape index (κ3) is 6.84. The van der Waals surface area contributed by atoms with Crippen LogP contribution in [0.15, 0.2) is 35.2 Å². The molecule has 0 aliphatic carbocycles. The van der Waals surface area contributed by atoms with Gasteiger partial charge in [0.2, 0.25) is 10.0 Å². The highest BCUT2D eigenvalue weighted by atomic mass is 35.5. The Kier molecular flexibility index (Phi) is 9.07. The zero-order valence-corrected chi connectivity index (χ0v) is 18.1. The average molecular weight is 404 g/mol. The summed E-state index contributed by atoms with van der Waals surface area (Å²) in [6.45, 7) is 9.88. The van der Waals surface area contributed by atoms with Crippen LogP contribution >= 0.6 is 11.6 Å². The molecular formula is C20H34ClNO3S. The molecule has 0 spiro atoms. The molecule has 4 atom stereocenters. The van der Waals surface area contributed by atoms with Crippen LogP contribution in [0.5, 0.6) is 0 Å². The van der Waals surface area contributed by atoms with E-state index in [-0.39, 0.29) is 16.2 Å². The number of nitrogens with one attached hydrogen (secondary N) is 1. The summed E-state index contributed by atoms with van der Waals surface area (Å²) in [5.41, 5.74) is -0.975. The van der Waals surface area contributed by atoms with E-state index >= 15 is 0 Å². The van der Waals surface area contributed by atoms with E-state index in [9.17, 15) is 13.5 Å². The molecule has 1 aromatic rings. The van der Waals surface area contributed by atoms with Crippen molar-refractivity contribution in [3.05, 3.63) is 30.3 Å². The van der Waals surface area contributed by atoms with Gasteiger partial charge in [0.05, 0.1) is 10.5 Å². The first-order valence-electron chi connectivity index (χ1n) is 9.47. The fourth-order valence-electron chi connectivity index (χ4n) is 3.74. The summed E-state index contributed by atoms with van der Waals surface area (Å²) < 4.78 is 28.5. The molecule has 0 saturated heterocycles. The summed E-state index contributed by atoms with van der Waals surface area (Å²) in [5, 5.41) is 10.9. The van der Waals surface area contributed by atoms with Gasteiger partial charge in [0.15, 0.2) is 0 Å². The van der Waals surface area contributed by atoms with E-state index in [4.69, 9.17) is 11.6 Å². The molecule has 0 fully saturated rings. The van der Waals surface area contributed by atoms with Crippen LogP contribution in [0, 0.1) is 11.8 Å². The molecule has 0 aliphatic rings. The number of aliphatic hydroxyl groups is 1. The zero-order chi connectivity index (χ0) is 20.0. The highest BCUT2D eigenvalue weighted by Gasteiger charge is 2.39. The number of alkyl halides is 1. The van der Waals surface area contributed by atoms with Crippen molar-refractivity contribution in [1.82, 2.24) is 4.72 Å². The summed E-state index contributed by atoms with van der Waals surface area (Å²) in [7, 11) is -3.68. The van der Waals surface area contributed by atoms with Gasteiger partial charge in [-0.2, -0.15) is 0 Å². The summed E-state index contributed by atoms with van der Waals surface area (Å²) in [6, 6.07) is 7.90. The molecule has 0 radical (unpaired) electrons. The minimum atomic E-state index is -3.68. The van der Waals surface area contributed by atoms with Crippen LogP contribution in [0.2, 0.25) is 0 Å². The van der Waals surface area contributed by atoms with Crippen molar-refractivity contribution in [2.24, 2.45) is 11.8 Å². The molecule has 2 N–H and O–H groups in total. The van der Waals surface area contributed by atoms with Crippen LogP contribution in [0.3, 0.4) is 0 Å². The molecule has 26 heavy (non-hydrogen) atoms. The molecule has 1 aromatic carbocycles. The molecule has 6 heteroatoms.